The summed E-state index contributed by atoms with van der Waals surface area (Å²) in [6, 6.07) is 119. The van der Waals surface area contributed by atoms with Gasteiger partial charge in [0.2, 0.25) is 0 Å². The summed E-state index contributed by atoms with van der Waals surface area (Å²) in [5.74, 6) is 0. The van der Waals surface area contributed by atoms with Crippen LogP contribution in [-0.4, -0.2) is 6.71 Å². The molecular formula is C81H63BN6. The van der Waals surface area contributed by atoms with E-state index in [1.54, 1.807) is 0 Å². The van der Waals surface area contributed by atoms with Crippen LogP contribution in [0.4, 0.5) is 102 Å². The molecule has 0 saturated carbocycles. The van der Waals surface area contributed by atoms with E-state index in [4.69, 9.17) is 0 Å². The van der Waals surface area contributed by atoms with Gasteiger partial charge in [-0.3, -0.25) is 0 Å². The first-order chi connectivity index (χ1) is 43.5. The second-order valence-electron chi connectivity index (χ2n) is 22.7. The summed E-state index contributed by atoms with van der Waals surface area (Å²) in [4.78, 5) is 14.8. The van der Waals surface area contributed by atoms with Gasteiger partial charge in [0.05, 0.1) is 28.4 Å². The molecule has 0 unspecified atom stereocenters. The molecule has 0 saturated heterocycles. The molecule has 0 spiro atoms. The topological polar surface area (TPSA) is 19.4 Å². The van der Waals surface area contributed by atoms with Crippen molar-refractivity contribution in [3.8, 4) is 0 Å². The number of benzene rings is 13. The second-order valence-corrected chi connectivity index (χ2v) is 22.7. The molecule has 2 heterocycles. The fourth-order valence-corrected chi connectivity index (χ4v) is 13.4. The predicted molar refractivity (Wildman–Crippen MR) is 373 cm³/mol. The van der Waals surface area contributed by atoms with Gasteiger partial charge >= 0.3 is 0 Å². The molecule has 0 aromatic heterocycles. The minimum Gasteiger partial charge on any atom is -0.311 e. The molecule has 88 heavy (non-hydrogen) atoms. The summed E-state index contributed by atoms with van der Waals surface area (Å²) in [5.41, 5.74) is 26.6. The van der Waals surface area contributed by atoms with Crippen molar-refractivity contribution in [2.75, 3.05) is 29.4 Å². The van der Waals surface area contributed by atoms with Crippen LogP contribution in [0.25, 0.3) is 0 Å². The van der Waals surface area contributed by atoms with E-state index in [9.17, 15) is 0 Å². The van der Waals surface area contributed by atoms with Crippen molar-refractivity contribution in [2.24, 2.45) is 0 Å². The summed E-state index contributed by atoms with van der Waals surface area (Å²) in [5, 5.41) is 0. The van der Waals surface area contributed by atoms with Crippen LogP contribution in [0.5, 0.6) is 0 Å². The lowest BCUT2D eigenvalue weighted by atomic mass is 9.33. The van der Waals surface area contributed by atoms with E-state index in [2.05, 4.69) is 378 Å². The summed E-state index contributed by atoms with van der Waals surface area (Å²) in [7, 11) is 0. The van der Waals surface area contributed by atoms with Crippen molar-refractivity contribution in [2.45, 2.75) is 20.8 Å². The molecule has 420 valence electrons. The van der Waals surface area contributed by atoms with E-state index in [0.29, 0.717) is 0 Å². The Balaban J connectivity index is 1.03. The molecular weight excluding hydrogens is 1070 g/mol. The molecule has 0 N–H and O–H groups in total. The van der Waals surface area contributed by atoms with Crippen LogP contribution < -0.4 is 45.8 Å². The summed E-state index contributed by atoms with van der Waals surface area (Å²) in [6.07, 6.45) is 0. The highest BCUT2D eigenvalue weighted by Gasteiger charge is 2.45. The maximum atomic E-state index is 2.54. The van der Waals surface area contributed by atoms with Crippen molar-refractivity contribution in [1.82, 2.24) is 0 Å². The lowest BCUT2D eigenvalue weighted by Gasteiger charge is -2.45. The molecule has 0 fully saturated rings. The Hall–Kier alpha value is -11.3. The maximum absolute atomic E-state index is 2.54. The molecule has 6 nitrogen and oxygen atoms in total. The van der Waals surface area contributed by atoms with E-state index in [0.717, 1.165) is 113 Å². The average Bonchev–Trinajstić information content (AvgIpc) is 0.900. The van der Waals surface area contributed by atoms with Crippen LogP contribution in [0.2, 0.25) is 0 Å². The molecule has 0 aliphatic carbocycles. The Kier molecular flexibility index (Phi) is 13.9. The number of fused-ring (bicyclic) bond motifs is 4. The molecule has 0 atom stereocenters. The van der Waals surface area contributed by atoms with Gasteiger partial charge in [0.15, 0.2) is 0 Å². The van der Waals surface area contributed by atoms with Crippen molar-refractivity contribution >= 4 is 125 Å². The number of aryl methyl sites for hydroxylation is 2. The first kappa shape index (κ1) is 53.5. The van der Waals surface area contributed by atoms with Gasteiger partial charge in [-0.1, -0.05) is 188 Å². The Labute approximate surface area is 517 Å². The standard InChI is InChI=1S/C81H63BN6/c1-58-32-28-30-50-73(58)85(65-41-20-8-21-42-65)76-53-69(83(61-33-12-4-13-34-61)62-35-14-5-15-36-62)54-77(60(76)3)87(67-45-24-10-25-46-67)75-57-78-72(52-59(75)2)82-71-49-29-31-51-74(71)86(66-43-22-9-23-44-66)79-55-70(56-80(81(79)82)88(78)68-47-26-11-27-48-68)84(63-37-16-6-17-38-63)64-39-18-7-19-40-64/h4-57H,1-3H3. The highest BCUT2D eigenvalue weighted by atomic mass is 15.2. The van der Waals surface area contributed by atoms with E-state index in [1.807, 2.05) is 0 Å². The van der Waals surface area contributed by atoms with Crippen LogP contribution in [0.15, 0.2) is 328 Å². The van der Waals surface area contributed by atoms with Gasteiger partial charge in [0.1, 0.15) is 0 Å². The first-order valence-electron chi connectivity index (χ1n) is 30.3. The van der Waals surface area contributed by atoms with Gasteiger partial charge in [0, 0.05) is 73.9 Å². The molecule has 2 aliphatic heterocycles. The van der Waals surface area contributed by atoms with Crippen LogP contribution >= 0.6 is 0 Å². The Morgan fingerprint density at radius 1 is 0.239 bits per heavy atom. The first-order valence-corrected chi connectivity index (χ1v) is 30.3. The summed E-state index contributed by atoms with van der Waals surface area (Å²) < 4.78 is 0. The molecule has 13 aromatic rings. The smallest absolute Gasteiger partial charge is 0.252 e. The molecule has 0 bridgehead atoms. The third kappa shape index (κ3) is 9.50. The van der Waals surface area contributed by atoms with Gasteiger partial charge in [0.25, 0.3) is 6.71 Å². The van der Waals surface area contributed by atoms with Crippen molar-refractivity contribution < 1.29 is 0 Å². The van der Waals surface area contributed by atoms with Gasteiger partial charge in [-0.25, -0.2) is 0 Å². The molecule has 15 rings (SSSR count). The summed E-state index contributed by atoms with van der Waals surface area (Å²) >= 11 is 0. The average molecular weight is 1130 g/mol. The fraction of sp³-hybridized carbons (Fsp3) is 0.0370. The van der Waals surface area contributed by atoms with Crippen LogP contribution in [-0.2, 0) is 0 Å². The number of para-hydroxylation sites is 10. The lowest BCUT2D eigenvalue weighted by Crippen LogP contribution is -2.61. The number of rotatable bonds is 14. The van der Waals surface area contributed by atoms with Crippen molar-refractivity contribution in [3.63, 3.8) is 0 Å². The van der Waals surface area contributed by atoms with Crippen molar-refractivity contribution in [3.05, 3.63) is 344 Å². The van der Waals surface area contributed by atoms with Crippen LogP contribution in [0.1, 0.15) is 16.7 Å². The van der Waals surface area contributed by atoms with Crippen LogP contribution in [0, 0.1) is 20.8 Å². The Morgan fingerprint density at radius 2 is 0.591 bits per heavy atom. The van der Waals surface area contributed by atoms with E-state index >= 15 is 0 Å². The monoisotopic (exact) mass is 1130 g/mol. The number of hydrogen-bond donors (Lipinski definition) is 0. The third-order valence-electron chi connectivity index (χ3n) is 17.3. The molecule has 13 aromatic carbocycles. The Morgan fingerprint density at radius 3 is 1.03 bits per heavy atom. The zero-order valence-electron chi connectivity index (χ0n) is 49.4. The minimum absolute atomic E-state index is 0.125. The van der Waals surface area contributed by atoms with E-state index in [-0.39, 0.29) is 6.71 Å². The van der Waals surface area contributed by atoms with E-state index < -0.39 is 0 Å². The largest absolute Gasteiger partial charge is 0.311 e. The van der Waals surface area contributed by atoms with Gasteiger partial charge < -0.3 is 29.4 Å². The van der Waals surface area contributed by atoms with Gasteiger partial charge in [-0.2, -0.15) is 0 Å². The van der Waals surface area contributed by atoms with Gasteiger partial charge in [-0.15, -0.1) is 0 Å². The lowest BCUT2D eigenvalue weighted by molar-refractivity contribution is 1.17. The molecule has 2 aliphatic rings. The highest BCUT2D eigenvalue weighted by molar-refractivity contribution is 7.00. The highest BCUT2D eigenvalue weighted by Crippen LogP contribution is 2.53. The number of anilines is 18. The zero-order chi connectivity index (χ0) is 59.1. The summed E-state index contributed by atoms with van der Waals surface area (Å²) in [6.45, 7) is 6.70. The molecule has 0 radical (unpaired) electrons. The third-order valence-corrected chi connectivity index (χ3v) is 17.3. The van der Waals surface area contributed by atoms with Crippen molar-refractivity contribution in [1.29, 1.82) is 0 Å². The van der Waals surface area contributed by atoms with E-state index in [1.165, 1.54) is 22.0 Å². The predicted octanol–water partition coefficient (Wildman–Crippen LogP) is 20.6. The SMILES string of the molecule is Cc1ccccc1N(c1ccccc1)c1cc(N(c2ccccc2)c2ccccc2)cc(N(c2ccccc2)c2cc3c(cc2C)B2c4ccccc4N(c4ccccc4)c4cc(N(c5ccccc5)c5ccccc5)cc(c42)N3c2ccccc2)c1C. The zero-order valence-corrected chi connectivity index (χ0v) is 49.4. The number of hydrogen-bond acceptors (Lipinski definition) is 6. The fourth-order valence-electron chi connectivity index (χ4n) is 13.4. The number of nitrogens with zero attached hydrogens (tertiary/aromatic N) is 6. The van der Waals surface area contributed by atoms with Gasteiger partial charge in [-0.05, 0) is 193 Å². The normalized spacial score (nSPS) is 12.0. The maximum Gasteiger partial charge on any atom is 0.252 e. The molecule has 7 heteroatoms. The Bertz CT molecular complexity index is 4530. The quantitative estimate of drug-likeness (QED) is 0.100. The second kappa shape index (κ2) is 23.0. The minimum atomic E-state index is -0.125. The van der Waals surface area contributed by atoms with Crippen LogP contribution in [0.3, 0.4) is 0 Å². The molecule has 0 amide bonds.